The van der Waals surface area contributed by atoms with Crippen molar-refractivity contribution >= 4 is 42.0 Å². The van der Waals surface area contributed by atoms with E-state index in [0.717, 1.165) is 10.4 Å². The minimum Gasteiger partial charge on any atom is -0.455 e. The van der Waals surface area contributed by atoms with Crippen molar-refractivity contribution in [1.82, 2.24) is 14.6 Å². The van der Waals surface area contributed by atoms with Crippen molar-refractivity contribution in [2.45, 2.75) is 88.2 Å². The van der Waals surface area contributed by atoms with Crippen LogP contribution in [0.15, 0.2) is 104 Å². The highest BCUT2D eigenvalue weighted by molar-refractivity contribution is 6.99. The second-order valence-corrected chi connectivity index (χ2v) is 18.2. The summed E-state index contributed by atoms with van der Waals surface area (Å²) in [7, 11) is -3.14. The standard InChI is InChI=1S/C40H47N5O6Si/c1-6-8-12-22-34(46)49-36-32(26-48-52(39(3,4)5,29-18-14-10-15-19-29)30-20-16-11-17-21-30)51-40(27-41,37(36)50-35(47)23-13-9-7-2)33-25-24-31-38(42)43-28-44-45(31)33/h6-7,10-11,14-21,24-25,28,32,36-37H,1-2,8-9,12-13,22-23,26H2,3-5H3,(H2,42,43,44)/t32-,36-,37-,40+/m1/s1. The Morgan fingerprint density at radius 1 is 0.962 bits per heavy atom. The molecule has 0 bridgehead atoms. The summed E-state index contributed by atoms with van der Waals surface area (Å²) in [6.45, 7) is 13.8. The Balaban J connectivity index is 1.65. The van der Waals surface area contributed by atoms with E-state index in [2.05, 4.69) is 74.3 Å². The van der Waals surface area contributed by atoms with E-state index in [-0.39, 0.29) is 36.0 Å². The average Bonchev–Trinajstić information content (AvgIpc) is 3.70. The zero-order valence-corrected chi connectivity index (χ0v) is 31.1. The first-order valence-electron chi connectivity index (χ1n) is 17.6. The molecule has 52 heavy (non-hydrogen) atoms. The lowest BCUT2D eigenvalue weighted by atomic mass is 9.92. The van der Waals surface area contributed by atoms with Gasteiger partial charge in [-0.1, -0.05) is 93.6 Å². The molecule has 4 aromatic rings. The van der Waals surface area contributed by atoms with Crippen LogP contribution in [-0.2, 0) is 33.8 Å². The summed E-state index contributed by atoms with van der Waals surface area (Å²) >= 11 is 0. The Labute approximate surface area is 306 Å². The van der Waals surface area contributed by atoms with Crippen LogP contribution in [0, 0.1) is 11.3 Å². The van der Waals surface area contributed by atoms with Crippen LogP contribution >= 0.6 is 0 Å². The van der Waals surface area contributed by atoms with Crippen LogP contribution in [0.4, 0.5) is 5.82 Å². The van der Waals surface area contributed by atoms with E-state index in [1.807, 2.05) is 36.4 Å². The molecule has 272 valence electrons. The monoisotopic (exact) mass is 721 g/mol. The average molecular weight is 722 g/mol. The number of allylic oxidation sites excluding steroid dienone is 2. The molecule has 0 spiro atoms. The number of benzene rings is 2. The third-order valence-electron chi connectivity index (χ3n) is 9.42. The van der Waals surface area contributed by atoms with Crippen LogP contribution in [0.5, 0.6) is 0 Å². The number of nitrogens with two attached hydrogens (primary N) is 1. The molecule has 1 fully saturated rings. The van der Waals surface area contributed by atoms with Gasteiger partial charge in [0.25, 0.3) is 8.32 Å². The lowest BCUT2D eigenvalue weighted by Gasteiger charge is -2.43. The van der Waals surface area contributed by atoms with Crippen LogP contribution in [0.2, 0.25) is 5.04 Å². The zero-order valence-electron chi connectivity index (χ0n) is 30.1. The third kappa shape index (κ3) is 7.57. The van der Waals surface area contributed by atoms with Crippen molar-refractivity contribution in [3.63, 3.8) is 0 Å². The van der Waals surface area contributed by atoms with Gasteiger partial charge in [0.05, 0.1) is 12.3 Å². The molecule has 4 atom stereocenters. The highest BCUT2D eigenvalue weighted by atomic mass is 28.4. The van der Waals surface area contributed by atoms with Gasteiger partial charge in [-0.25, -0.2) is 9.50 Å². The molecule has 1 aliphatic rings. The Bertz CT molecular complexity index is 1860. The molecule has 12 heteroatoms. The maximum atomic E-state index is 13.5. The van der Waals surface area contributed by atoms with Crippen LogP contribution in [0.25, 0.3) is 5.52 Å². The van der Waals surface area contributed by atoms with E-state index in [1.165, 1.54) is 10.8 Å². The van der Waals surface area contributed by atoms with Crippen LogP contribution in [0.3, 0.4) is 0 Å². The number of unbranched alkanes of at least 4 members (excludes halogenated alkanes) is 2. The van der Waals surface area contributed by atoms with Crippen molar-refractivity contribution < 1.29 is 28.2 Å². The highest BCUT2D eigenvalue weighted by Crippen LogP contribution is 2.45. The number of nitrogens with zero attached hydrogens (tertiary/aromatic N) is 4. The zero-order chi connectivity index (χ0) is 37.4. The molecular formula is C40H47N5O6Si. The number of carbonyl (C=O) groups is 2. The van der Waals surface area contributed by atoms with Gasteiger partial charge < -0.3 is 24.4 Å². The number of hydrogen-bond donors (Lipinski definition) is 1. The van der Waals surface area contributed by atoms with Crippen molar-refractivity contribution in [1.29, 1.82) is 5.26 Å². The smallest absolute Gasteiger partial charge is 0.306 e. The first kappa shape index (κ1) is 38.1. The third-order valence-corrected chi connectivity index (χ3v) is 14.4. The SMILES string of the molecule is C=CCCCC(=O)O[C@H]1[C@@H](OC(=O)CCCC=C)[C@](C#N)(c2ccc3c(N)ncnn23)O[C@@H]1CO[Si](c1ccccc1)(c1ccccc1)C(C)(C)C. The Kier molecular flexibility index (Phi) is 12.1. The van der Waals surface area contributed by atoms with Gasteiger partial charge in [-0.2, -0.15) is 10.4 Å². The van der Waals surface area contributed by atoms with Crippen molar-refractivity contribution in [2.24, 2.45) is 0 Å². The number of carbonyl (C=O) groups excluding carboxylic acids is 2. The fraction of sp³-hybridized carbons (Fsp3) is 0.375. The van der Waals surface area contributed by atoms with Gasteiger partial charge in [-0.3, -0.25) is 9.59 Å². The van der Waals surface area contributed by atoms with Gasteiger partial charge in [-0.05, 0) is 53.2 Å². The topological polar surface area (TPSA) is 151 Å². The minimum absolute atomic E-state index is 0.0529. The Hall–Kier alpha value is -5.09. The lowest BCUT2D eigenvalue weighted by molar-refractivity contribution is -0.169. The molecule has 2 aromatic heterocycles. The summed E-state index contributed by atoms with van der Waals surface area (Å²) in [5, 5.41) is 17.2. The lowest BCUT2D eigenvalue weighted by Crippen LogP contribution is -2.67. The maximum absolute atomic E-state index is 13.5. The van der Waals surface area contributed by atoms with Gasteiger partial charge in [0.2, 0.25) is 5.60 Å². The predicted molar refractivity (Wildman–Crippen MR) is 201 cm³/mol. The molecule has 11 nitrogen and oxygen atoms in total. The van der Waals surface area contributed by atoms with Crippen LogP contribution < -0.4 is 16.1 Å². The Morgan fingerprint density at radius 3 is 2.08 bits per heavy atom. The molecule has 0 unspecified atom stereocenters. The number of anilines is 1. The number of aromatic nitrogens is 3. The van der Waals surface area contributed by atoms with Crippen molar-refractivity contribution in [3.8, 4) is 6.07 Å². The summed E-state index contributed by atoms with van der Waals surface area (Å²) in [4.78, 5) is 31.1. The largest absolute Gasteiger partial charge is 0.455 e. The first-order chi connectivity index (χ1) is 25.0. The number of hydrogen-bond acceptors (Lipinski definition) is 10. The van der Waals surface area contributed by atoms with Gasteiger partial charge in [0, 0.05) is 12.8 Å². The summed E-state index contributed by atoms with van der Waals surface area (Å²) in [5.41, 5.74) is 4.87. The number of esters is 2. The van der Waals surface area contributed by atoms with Crippen LogP contribution in [0.1, 0.15) is 65.0 Å². The molecule has 0 saturated carbocycles. The predicted octanol–water partition coefficient (Wildman–Crippen LogP) is 5.54. The van der Waals surface area contributed by atoms with E-state index in [4.69, 9.17) is 24.4 Å². The molecule has 1 aliphatic heterocycles. The second-order valence-electron chi connectivity index (χ2n) is 13.9. The van der Waals surface area contributed by atoms with Gasteiger partial charge in [0.15, 0.2) is 18.0 Å². The van der Waals surface area contributed by atoms with Gasteiger partial charge in [0.1, 0.15) is 24.0 Å². The van der Waals surface area contributed by atoms with E-state index < -0.39 is 44.2 Å². The van der Waals surface area contributed by atoms with Gasteiger partial charge >= 0.3 is 11.9 Å². The highest BCUT2D eigenvalue weighted by Gasteiger charge is 2.63. The van der Waals surface area contributed by atoms with Gasteiger partial charge in [-0.15, -0.1) is 13.2 Å². The minimum atomic E-state index is -3.14. The molecule has 0 aliphatic carbocycles. The molecule has 0 radical (unpaired) electrons. The number of nitriles is 1. The number of rotatable bonds is 16. The quantitative estimate of drug-likeness (QED) is 0.0676. The summed E-state index contributed by atoms with van der Waals surface area (Å²) in [6, 6.07) is 25.8. The molecule has 3 heterocycles. The molecular weight excluding hydrogens is 675 g/mol. The normalized spacial score (nSPS) is 20.2. The van der Waals surface area contributed by atoms with E-state index in [0.29, 0.717) is 31.2 Å². The summed E-state index contributed by atoms with van der Waals surface area (Å²) in [6.07, 6.45) is 3.39. The second kappa shape index (κ2) is 16.5. The summed E-state index contributed by atoms with van der Waals surface area (Å²) < 4.78 is 27.8. The molecule has 0 amide bonds. The maximum Gasteiger partial charge on any atom is 0.306 e. The van der Waals surface area contributed by atoms with Crippen LogP contribution in [-0.4, -0.2) is 59.8 Å². The summed E-state index contributed by atoms with van der Waals surface area (Å²) in [5.74, 6) is -0.924. The fourth-order valence-corrected chi connectivity index (χ4v) is 11.5. The number of ether oxygens (including phenoxy) is 3. The van der Waals surface area contributed by atoms with E-state index >= 15 is 0 Å². The molecule has 2 aromatic carbocycles. The first-order valence-corrected chi connectivity index (χ1v) is 19.5. The van der Waals surface area contributed by atoms with E-state index in [9.17, 15) is 14.9 Å². The molecule has 5 rings (SSSR count). The van der Waals surface area contributed by atoms with Crippen molar-refractivity contribution in [2.75, 3.05) is 12.3 Å². The van der Waals surface area contributed by atoms with Crippen molar-refractivity contribution in [3.05, 3.63) is 110 Å². The number of fused-ring (bicyclic) bond motifs is 1. The number of nitrogen functional groups attached to an aromatic ring is 1. The molecule has 1 saturated heterocycles. The molecule has 2 N–H and O–H groups in total. The van der Waals surface area contributed by atoms with E-state index in [1.54, 1.807) is 24.3 Å². The fourth-order valence-electron chi connectivity index (χ4n) is 6.96. The Morgan fingerprint density at radius 2 is 1.54 bits per heavy atom.